The highest BCUT2D eigenvalue weighted by molar-refractivity contribution is 7.87. The van der Waals surface area contributed by atoms with Crippen LogP contribution in [0.15, 0.2) is 30.3 Å². The summed E-state index contributed by atoms with van der Waals surface area (Å²) in [7, 11) is -1.63. The number of carbonyl (C=O) groups excluding carboxylic acids is 2. The summed E-state index contributed by atoms with van der Waals surface area (Å²) in [4.78, 5) is 37.3. The number of nitrogens with one attached hydrogen (secondary N) is 1. The number of aliphatic carboxylic acids is 1. The molecule has 8 nitrogen and oxygen atoms in total. The topological polar surface area (TPSA) is 130 Å². The van der Waals surface area contributed by atoms with Gasteiger partial charge >= 0.3 is 5.97 Å². The number of rotatable bonds is 4. The molecule has 2 aliphatic rings. The van der Waals surface area contributed by atoms with Crippen molar-refractivity contribution in [3.05, 3.63) is 35.9 Å². The maximum Gasteiger partial charge on any atom is 0.328 e. The first-order chi connectivity index (χ1) is 11.7. The molecule has 25 heavy (non-hydrogen) atoms. The number of fused-ring (bicyclic) bond motifs is 1. The summed E-state index contributed by atoms with van der Waals surface area (Å²) in [5.74, 6) is -2.33. The van der Waals surface area contributed by atoms with Crippen molar-refractivity contribution in [2.75, 3.05) is 0 Å². The largest absolute Gasteiger partial charge is 0.480 e. The minimum absolute atomic E-state index is 0.551. The van der Waals surface area contributed by atoms with Crippen molar-refractivity contribution in [3.8, 4) is 0 Å². The van der Waals surface area contributed by atoms with E-state index in [2.05, 4.69) is 5.32 Å². The van der Waals surface area contributed by atoms with Crippen LogP contribution in [0.5, 0.6) is 0 Å². The maximum atomic E-state index is 12.7. The number of benzene rings is 1. The van der Waals surface area contributed by atoms with Gasteiger partial charge in [0.15, 0.2) is 0 Å². The molecular weight excluding hydrogens is 346 g/mol. The molecule has 0 aromatic heterocycles. The number of carboxylic acids is 1. The Morgan fingerprint density at radius 3 is 2.48 bits per heavy atom. The first kappa shape index (κ1) is 17.6. The second-order valence-electron chi connectivity index (χ2n) is 6.65. The molecule has 0 saturated carbocycles. The Hall–Kier alpha value is -2.26. The van der Waals surface area contributed by atoms with Crippen LogP contribution in [0.2, 0.25) is 0 Å². The van der Waals surface area contributed by atoms with Gasteiger partial charge in [-0.05, 0) is 19.4 Å². The molecule has 0 unspecified atom stereocenters. The minimum atomic E-state index is -1.63. The highest BCUT2D eigenvalue weighted by atomic mass is 32.2. The number of nitrogens with two attached hydrogens (primary N) is 1. The molecule has 2 amide bonds. The zero-order valence-electron chi connectivity index (χ0n) is 13.7. The predicted molar refractivity (Wildman–Crippen MR) is 89.6 cm³/mol. The van der Waals surface area contributed by atoms with E-state index < -0.39 is 56.8 Å². The van der Waals surface area contributed by atoms with Crippen LogP contribution < -0.4 is 11.1 Å². The molecule has 2 saturated heterocycles. The summed E-state index contributed by atoms with van der Waals surface area (Å²) in [6.45, 7) is 3.09. The molecule has 0 aliphatic carbocycles. The van der Waals surface area contributed by atoms with Crippen LogP contribution >= 0.6 is 0 Å². The van der Waals surface area contributed by atoms with Gasteiger partial charge in [0.25, 0.3) is 0 Å². The second-order valence-corrected chi connectivity index (χ2v) is 8.78. The van der Waals surface area contributed by atoms with Gasteiger partial charge in [0.1, 0.15) is 23.5 Å². The molecule has 5 atom stereocenters. The fraction of sp³-hybridized carbons (Fsp3) is 0.438. The van der Waals surface area contributed by atoms with Crippen LogP contribution in [0, 0.1) is 0 Å². The number of amides is 2. The maximum absolute atomic E-state index is 12.7. The zero-order valence-corrected chi connectivity index (χ0v) is 14.5. The van der Waals surface area contributed by atoms with E-state index in [1.165, 1.54) is 0 Å². The van der Waals surface area contributed by atoms with Crippen molar-refractivity contribution in [1.82, 2.24) is 10.2 Å². The van der Waals surface area contributed by atoms with E-state index in [0.717, 1.165) is 4.90 Å². The van der Waals surface area contributed by atoms with Crippen LogP contribution in [0.4, 0.5) is 0 Å². The van der Waals surface area contributed by atoms with Crippen molar-refractivity contribution in [2.45, 2.75) is 42.1 Å². The molecule has 2 heterocycles. The Balaban J connectivity index is 1.78. The summed E-state index contributed by atoms with van der Waals surface area (Å²) in [5.41, 5.74) is 6.49. The molecule has 3 rings (SSSR count). The number of β-lactam (4-membered cyclic amide) rings is 1. The Kier molecular flexibility index (Phi) is 4.16. The fourth-order valence-corrected chi connectivity index (χ4v) is 5.27. The molecule has 0 spiro atoms. The molecular formula is C16H19N3O5S. The normalized spacial score (nSPS) is 31.0. The summed E-state index contributed by atoms with van der Waals surface area (Å²) < 4.78 is 11.5. The Morgan fingerprint density at radius 1 is 1.32 bits per heavy atom. The van der Waals surface area contributed by atoms with Gasteiger partial charge in [-0.1, -0.05) is 30.3 Å². The molecule has 134 valence electrons. The van der Waals surface area contributed by atoms with Gasteiger partial charge in [0.2, 0.25) is 11.8 Å². The van der Waals surface area contributed by atoms with Crippen LogP contribution in [0.3, 0.4) is 0 Å². The fourth-order valence-electron chi connectivity index (χ4n) is 3.35. The molecule has 9 heteroatoms. The average Bonchev–Trinajstić information content (AvgIpc) is 2.77. The number of hydrogen-bond acceptors (Lipinski definition) is 5. The van der Waals surface area contributed by atoms with Gasteiger partial charge < -0.3 is 21.1 Å². The standard InChI is InChI=1S/C16H19N3O5S/c1-16(2)11(15(22)23)19-13(21)10(14(19)25(16)24)18-12(20)9(17)8-6-4-3-5-7-8/h3-7,9-11,14H,17H2,1-2H3,(H,18,20)(H,22,23)/t9-,10+,11+,14+,25-/m1/s1. The van der Waals surface area contributed by atoms with Crippen molar-refractivity contribution in [2.24, 2.45) is 5.73 Å². The van der Waals surface area contributed by atoms with Crippen molar-refractivity contribution >= 4 is 28.6 Å². The van der Waals surface area contributed by atoms with Gasteiger partial charge in [0.05, 0.1) is 15.5 Å². The van der Waals surface area contributed by atoms with E-state index in [1.807, 2.05) is 0 Å². The minimum Gasteiger partial charge on any atom is -0.480 e. The SMILES string of the molecule is CC1(C)[C@H](C(=O)O)N2C(=O)[C@H](NC(=O)[C@H](N)c3ccccc3)[C@@H]2[S@]1=O. The lowest BCUT2D eigenvalue weighted by Crippen LogP contribution is -2.72. The highest BCUT2D eigenvalue weighted by Crippen LogP contribution is 2.43. The predicted octanol–water partition coefficient (Wildman–Crippen LogP) is -0.666. The van der Waals surface area contributed by atoms with E-state index in [0.29, 0.717) is 5.56 Å². The quantitative estimate of drug-likeness (QED) is 0.607. The molecule has 0 bridgehead atoms. The van der Waals surface area contributed by atoms with E-state index in [9.17, 15) is 23.7 Å². The van der Waals surface area contributed by atoms with Gasteiger partial charge in [-0.3, -0.25) is 13.8 Å². The smallest absolute Gasteiger partial charge is 0.328 e. The lowest BCUT2D eigenvalue weighted by atomic mass is 9.95. The molecule has 4 N–H and O–H groups in total. The summed E-state index contributed by atoms with van der Waals surface area (Å²) in [6.07, 6.45) is 0. The van der Waals surface area contributed by atoms with Crippen LogP contribution in [0.1, 0.15) is 25.5 Å². The van der Waals surface area contributed by atoms with Crippen LogP contribution in [0.25, 0.3) is 0 Å². The molecule has 1 aromatic rings. The van der Waals surface area contributed by atoms with E-state index in [4.69, 9.17) is 5.73 Å². The lowest BCUT2D eigenvalue weighted by Gasteiger charge is -2.43. The summed E-state index contributed by atoms with van der Waals surface area (Å²) in [6, 6.07) is 5.48. The Morgan fingerprint density at radius 2 is 1.92 bits per heavy atom. The Bertz CT molecular complexity index is 766. The summed E-state index contributed by atoms with van der Waals surface area (Å²) in [5, 5.41) is 11.0. The molecule has 2 fully saturated rings. The van der Waals surface area contributed by atoms with Gasteiger partial charge in [0, 0.05) is 0 Å². The van der Waals surface area contributed by atoms with Crippen molar-refractivity contribution in [1.29, 1.82) is 0 Å². The number of carboxylic acid groups (broad SMARTS) is 1. The summed E-state index contributed by atoms with van der Waals surface area (Å²) >= 11 is 0. The highest BCUT2D eigenvalue weighted by Gasteiger charge is 2.68. The van der Waals surface area contributed by atoms with Crippen LogP contribution in [-0.2, 0) is 25.2 Å². The van der Waals surface area contributed by atoms with E-state index >= 15 is 0 Å². The van der Waals surface area contributed by atoms with E-state index in [-0.39, 0.29) is 0 Å². The third kappa shape index (κ3) is 2.54. The van der Waals surface area contributed by atoms with Crippen molar-refractivity contribution < 1.29 is 23.7 Å². The number of nitrogens with zero attached hydrogens (tertiary/aromatic N) is 1. The van der Waals surface area contributed by atoms with Crippen molar-refractivity contribution in [3.63, 3.8) is 0 Å². The lowest BCUT2D eigenvalue weighted by molar-refractivity contribution is -0.161. The van der Waals surface area contributed by atoms with Gasteiger partial charge in [-0.2, -0.15) is 0 Å². The first-order valence-electron chi connectivity index (χ1n) is 7.74. The third-order valence-electron chi connectivity index (χ3n) is 4.73. The number of carbonyl (C=O) groups is 3. The molecule has 0 radical (unpaired) electrons. The average molecular weight is 365 g/mol. The van der Waals surface area contributed by atoms with Crippen LogP contribution in [-0.4, -0.2) is 54.2 Å². The monoisotopic (exact) mass is 365 g/mol. The third-order valence-corrected chi connectivity index (χ3v) is 6.93. The second kappa shape index (κ2) is 5.92. The van der Waals surface area contributed by atoms with Gasteiger partial charge in [-0.25, -0.2) is 4.79 Å². The molecule has 2 aliphatic heterocycles. The Labute approximate surface area is 146 Å². The zero-order chi connectivity index (χ0) is 18.5. The van der Waals surface area contributed by atoms with Gasteiger partial charge in [-0.15, -0.1) is 0 Å². The first-order valence-corrected chi connectivity index (χ1v) is 8.95. The van der Waals surface area contributed by atoms with E-state index in [1.54, 1.807) is 44.2 Å². The number of hydrogen-bond donors (Lipinski definition) is 3. The molecule has 1 aromatic carbocycles.